The Hall–Kier alpha value is -4.31. The van der Waals surface area contributed by atoms with E-state index in [-0.39, 0.29) is 0 Å². The Bertz CT molecular complexity index is 1540. The Morgan fingerprint density at radius 1 is 1.00 bits per heavy atom. The Morgan fingerprint density at radius 2 is 1.71 bits per heavy atom. The highest BCUT2D eigenvalue weighted by atomic mass is 19.4. The van der Waals surface area contributed by atoms with E-state index in [2.05, 4.69) is 59.1 Å². The fourth-order valence-corrected chi connectivity index (χ4v) is 4.79. The molecule has 1 aromatic heterocycles. The summed E-state index contributed by atoms with van der Waals surface area (Å²) in [5.74, 6) is -0.982. The third-order valence-corrected chi connectivity index (χ3v) is 6.99. The quantitative estimate of drug-likeness (QED) is 0.147. The van der Waals surface area contributed by atoms with Gasteiger partial charge in [0.25, 0.3) is 0 Å². The average Bonchev–Trinajstić information content (AvgIpc) is 3.31. The number of fused-ring (bicyclic) bond motifs is 1. The van der Waals surface area contributed by atoms with Gasteiger partial charge < -0.3 is 26.3 Å². The molecular weight excluding hydrogens is 534 g/mol. The number of nitrogens with two attached hydrogens (primary N) is 1. The highest BCUT2D eigenvalue weighted by Gasteiger charge is 2.31. The van der Waals surface area contributed by atoms with Gasteiger partial charge in [-0.25, -0.2) is 9.18 Å². The van der Waals surface area contributed by atoms with Crippen molar-refractivity contribution in [2.75, 3.05) is 30.3 Å². The number of nitrogens with zero attached hydrogens (tertiary/aromatic N) is 1. The zero-order valence-corrected chi connectivity index (χ0v) is 23.0. The van der Waals surface area contributed by atoms with Crippen LogP contribution in [0.25, 0.3) is 27.7 Å². The van der Waals surface area contributed by atoms with Crippen molar-refractivity contribution in [2.24, 2.45) is 5.73 Å². The van der Waals surface area contributed by atoms with Gasteiger partial charge in [0.2, 0.25) is 0 Å². The summed E-state index contributed by atoms with van der Waals surface area (Å²) in [4.78, 5) is 18.2. The van der Waals surface area contributed by atoms with E-state index in [1.54, 1.807) is 24.3 Å². The number of benzene rings is 3. The second-order valence-electron chi connectivity index (χ2n) is 9.76. The average molecular weight is 568 g/mol. The minimum absolute atomic E-state index is 0.363. The molecule has 0 spiro atoms. The number of nitrogens with one attached hydrogen (secondary N) is 3. The van der Waals surface area contributed by atoms with Crippen LogP contribution in [0.5, 0.6) is 0 Å². The number of carbonyl (C=O) groups is 1. The molecule has 0 unspecified atom stereocenters. The lowest BCUT2D eigenvalue weighted by atomic mass is 9.99. The minimum atomic E-state index is -4.67. The molecule has 0 radical (unpaired) electrons. The summed E-state index contributed by atoms with van der Waals surface area (Å²) < 4.78 is 52.9. The molecular formula is C31H33F4N5O. The van der Waals surface area contributed by atoms with E-state index >= 15 is 0 Å². The smallest absolute Gasteiger partial charge is 0.398 e. The normalized spacial score (nSPS) is 11.7. The predicted molar refractivity (Wildman–Crippen MR) is 157 cm³/mol. The number of anilines is 2. The van der Waals surface area contributed by atoms with Crippen molar-refractivity contribution in [3.05, 3.63) is 89.9 Å². The van der Waals surface area contributed by atoms with Crippen molar-refractivity contribution >= 4 is 34.0 Å². The number of rotatable bonds is 10. The zero-order chi connectivity index (χ0) is 29.7. The van der Waals surface area contributed by atoms with E-state index in [0.29, 0.717) is 35.3 Å². The van der Waals surface area contributed by atoms with Gasteiger partial charge in [-0.2, -0.15) is 13.2 Å². The van der Waals surface area contributed by atoms with E-state index < -0.39 is 29.3 Å². The van der Waals surface area contributed by atoms with Gasteiger partial charge in [0, 0.05) is 27.9 Å². The Kier molecular flexibility index (Phi) is 9.02. The SMILES string of the molecule is C=C(N)c1[nH]c2cc(CCCN(CC)CC)ccc2c1-c1ccc(NC(=O)Nc2cc(C(F)(F)F)ccc2F)cc1. The second kappa shape index (κ2) is 12.5. The summed E-state index contributed by atoms with van der Waals surface area (Å²) in [6.45, 7) is 11.3. The molecule has 4 rings (SSSR count). The maximum absolute atomic E-state index is 14.0. The van der Waals surface area contributed by atoms with Crippen molar-refractivity contribution < 1.29 is 22.4 Å². The van der Waals surface area contributed by atoms with Crippen LogP contribution < -0.4 is 16.4 Å². The fourth-order valence-electron chi connectivity index (χ4n) is 4.79. The van der Waals surface area contributed by atoms with Gasteiger partial charge in [0.05, 0.1) is 16.9 Å². The van der Waals surface area contributed by atoms with Gasteiger partial charge in [-0.05, 0) is 80.0 Å². The number of aromatic nitrogens is 1. The first-order valence-corrected chi connectivity index (χ1v) is 13.4. The Balaban J connectivity index is 1.51. The maximum Gasteiger partial charge on any atom is 0.416 e. The molecule has 0 saturated carbocycles. The number of aromatic amines is 1. The Morgan fingerprint density at radius 3 is 2.34 bits per heavy atom. The molecule has 0 fully saturated rings. The van der Waals surface area contributed by atoms with Crippen LogP contribution in [0.4, 0.5) is 33.7 Å². The maximum atomic E-state index is 14.0. The molecule has 3 aromatic carbocycles. The van der Waals surface area contributed by atoms with Crippen molar-refractivity contribution in [1.29, 1.82) is 0 Å². The molecule has 6 nitrogen and oxygen atoms in total. The monoisotopic (exact) mass is 567 g/mol. The van der Waals surface area contributed by atoms with Crippen LogP contribution in [0.15, 0.2) is 67.2 Å². The van der Waals surface area contributed by atoms with Crippen LogP contribution in [0.1, 0.15) is 37.1 Å². The van der Waals surface area contributed by atoms with Gasteiger partial charge >= 0.3 is 12.2 Å². The molecule has 10 heteroatoms. The van der Waals surface area contributed by atoms with E-state index in [0.717, 1.165) is 54.5 Å². The summed E-state index contributed by atoms with van der Waals surface area (Å²) in [6, 6.07) is 14.1. The molecule has 0 saturated heterocycles. The van der Waals surface area contributed by atoms with Crippen LogP contribution in [-0.2, 0) is 12.6 Å². The highest BCUT2D eigenvalue weighted by Crippen LogP contribution is 2.36. The summed E-state index contributed by atoms with van der Waals surface area (Å²) in [7, 11) is 0. The number of carbonyl (C=O) groups excluding carboxylic acids is 1. The first kappa shape index (κ1) is 29.7. The van der Waals surface area contributed by atoms with E-state index in [9.17, 15) is 22.4 Å². The van der Waals surface area contributed by atoms with Gasteiger partial charge in [0.1, 0.15) is 5.82 Å². The topological polar surface area (TPSA) is 86.2 Å². The van der Waals surface area contributed by atoms with Crippen LogP contribution >= 0.6 is 0 Å². The van der Waals surface area contributed by atoms with Crippen LogP contribution in [0.3, 0.4) is 0 Å². The van der Waals surface area contributed by atoms with Gasteiger partial charge in [0.15, 0.2) is 0 Å². The molecule has 216 valence electrons. The third kappa shape index (κ3) is 7.07. The summed E-state index contributed by atoms with van der Waals surface area (Å²) in [5, 5.41) is 5.62. The standard InChI is InChI=1S/C31H33F4N5O/c1-4-40(5-2)16-6-7-20-8-14-24-26(17-20)38-29(19(3)36)28(24)21-9-12-23(13-10-21)37-30(41)39-27-18-22(31(33,34)35)11-15-25(27)32/h8-15,17-18,38H,3-7,16,36H2,1-2H3,(H2,37,39,41). The van der Waals surface area contributed by atoms with Crippen LogP contribution in [0.2, 0.25) is 0 Å². The minimum Gasteiger partial charge on any atom is -0.398 e. The number of hydrogen-bond acceptors (Lipinski definition) is 3. The van der Waals surface area contributed by atoms with E-state index in [1.165, 1.54) is 5.56 Å². The molecule has 0 aliphatic rings. The zero-order valence-electron chi connectivity index (χ0n) is 23.0. The third-order valence-electron chi connectivity index (χ3n) is 6.99. The lowest BCUT2D eigenvalue weighted by Gasteiger charge is -2.17. The van der Waals surface area contributed by atoms with E-state index in [4.69, 9.17) is 5.73 Å². The van der Waals surface area contributed by atoms with Crippen molar-refractivity contribution in [2.45, 2.75) is 32.9 Å². The first-order chi connectivity index (χ1) is 19.5. The molecule has 5 N–H and O–H groups in total. The van der Waals surface area contributed by atoms with Gasteiger partial charge in [-0.3, -0.25) is 0 Å². The molecule has 1 heterocycles. The number of halogens is 4. The number of urea groups is 1. The van der Waals surface area contributed by atoms with Crippen molar-refractivity contribution in [3.63, 3.8) is 0 Å². The number of amides is 2. The summed E-state index contributed by atoms with van der Waals surface area (Å²) >= 11 is 0. The second-order valence-corrected chi connectivity index (χ2v) is 9.76. The molecule has 0 bridgehead atoms. The largest absolute Gasteiger partial charge is 0.416 e. The molecule has 4 aromatic rings. The number of alkyl halides is 3. The molecule has 41 heavy (non-hydrogen) atoms. The lowest BCUT2D eigenvalue weighted by Crippen LogP contribution is -2.24. The first-order valence-electron chi connectivity index (χ1n) is 13.4. The van der Waals surface area contributed by atoms with Crippen LogP contribution in [0, 0.1) is 5.82 Å². The molecule has 0 aliphatic carbocycles. The lowest BCUT2D eigenvalue weighted by molar-refractivity contribution is -0.137. The highest BCUT2D eigenvalue weighted by molar-refractivity contribution is 6.03. The number of hydrogen-bond donors (Lipinski definition) is 4. The predicted octanol–water partition coefficient (Wildman–Crippen LogP) is 7.84. The van der Waals surface area contributed by atoms with Gasteiger partial charge in [-0.1, -0.05) is 44.7 Å². The van der Waals surface area contributed by atoms with Crippen molar-refractivity contribution in [3.8, 4) is 11.1 Å². The van der Waals surface area contributed by atoms with Gasteiger partial charge in [-0.15, -0.1) is 0 Å². The van der Waals surface area contributed by atoms with Crippen LogP contribution in [-0.4, -0.2) is 35.5 Å². The van der Waals surface area contributed by atoms with E-state index in [1.807, 2.05) is 0 Å². The molecule has 0 atom stereocenters. The molecule has 2 amide bonds. The molecule has 0 aliphatic heterocycles. The fraction of sp³-hybridized carbons (Fsp3) is 0.258. The summed E-state index contributed by atoms with van der Waals surface area (Å²) in [5.41, 5.74) is 9.75. The Labute approximate surface area is 236 Å². The number of H-pyrrole nitrogens is 1. The number of aryl methyl sites for hydroxylation is 1. The van der Waals surface area contributed by atoms with Crippen molar-refractivity contribution in [1.82, 2.24) is 9.88 Å². The summed E-state index contributed by atoms with van der Waals surface area (Å²) in [6.07, 6.45) is -2.66.